The Bertz CT molecular complexity index is 966. The summed E-state index contributed by atoms with van der Waals surface area (Å²) in [5.74, 6) is -0.918. The van der Waals surface area contributed by atoms with E-state index in [0.29, 0.717) is 16.9 Å². The fourth-order valence-electron chi connectivity index (χ4n) is 2.55. The second kappa shape index (κ2) is 4.42. The van der Waals surface area contributed by atoms with Crippen LogP contribution in [0, 0.1) is 6.92 Å². The maximum atomic E-state index is 12.0. The zero-order chi connectivity index (χ0) is 15.3. The third-order valence-corrected chi connectivity index (χ3v) is 3.59. The van der Waals surface area contributed by atoms with E-state index in [1.807, 2.05) is 31.2 Å². The van der Waals surface area contributed by atoms with E-state index in [4.69, 9.17) is 0 Å². The van der Waals surface area contributed by atoms with Gasteiger partial charge in [-0.2, -0.15) is 0 Å². The minimum absolute atomic E-state index is 0.140. The summed E-state index contributed by atoms with van der Waals surface area (Å²) >= 11 is 0. The number of nitrogens with one attached hydrogen (secondary N) is 1. The lowest BCUT2D eigenvalue weighted by Gasteiger charge is -2.06. The molecular weight excluding hydrogens is 280 g/mol. The summed E-state index contributed by atoms with van der Waals surface area (Å²) in [5.41, 5.74) is 3.05. The molecule has 22 heavy (non-hydrogen) atoms. The third-order valence-electron chi connectivity index (χ3n) is 3.59. The second-order valence-electron chi connectivity index (χ2n) is 5.06. The molecule has 3 aromatic heterocycles. The molecule has 0 radical (unpaired) electrons. The van der Waals surface area contributed by atoms with E-state index in [1.165, 1.54) is 6.20 Å². The number of hydrogen-bond donors (Lipinski definition) is 1. The normalized spacial score (nSPS) is 13.3. The van der Waals surface area contributed by atoms with E-state index in [1.54, 1.807) is 6.07 Å². The molecule has 6 nitrogen and oxygen atoms in total. The Labute approximate surface area is 125 Å². The Balaban J connectivity index is 1.97. The first-order valence-electron chi connectivity index (χ1n) is 6.73. The first-order chi connectivity index (χ1) is 10.6. The minimum atomic E-state index is -0.475. The number of hydrogen-bond acceptors (Lipinski definition) is 5. The van der Waals surface area contributed by atoms with Crippen LogP contribution >= 0.6 is 0 Å². The highest BCUT2D eigenvalue weighted by atomic mass is 16.2. The number of carbonyl (C=O) groups is 2. The Hall–Kier alpha value is -3.15. The van der Waals surface area contributed by atoms with Crippen molar-refractivity contribution < 1.29 is 9.59 Å². The predicted octanol–water partition coefficient (Wildman–Crippen LogP) is 1.88. The summed E-state index contributed by atoms with van der Waals surface area (Å²) in [6, 6.07) is 9.25. The third kappa shape index (κ3) is 1.77. The molecule has 106 valence electrons. The van der Waals surface area contributed by atoms with Gasteiger partial charge in [-0.25, -0.2) is 9.97 Å². The van der Waals surface area contributed by atoms with E-state index in [-0.39, 0.29) is 11.3 Å². The molecule has 0 saturated carbocycles. The smallest absolute Gasteiger partial charge is 0.277 e. The molecule has 1 N–H and O–H groups in total. The molecule has 0 saturated heterocycles. The van der Waals surface area contributed by atoms with Crippen LogP contribution in [0.2, 0.25) is 0 Å². The zero-order valence-corrected chi connectivity index (χ0v) is 11.6. The van der Waals surface area contributed by atoms with Crippen LogP contribution in [0.5, 0.6) is 0 Å². The summed E-state index contributed by atoms with van der Waals surface area (Å²) < 4.78 is 0. The second-order valence-corrected chi connectivity index (χ2v) is 5.06. The summed E-state index contributed by atoms with van der Waals surface area (Å²) in [6.07, 6.45) is 1.50. The van der Waals surface area contributed by atoms with Gasteiger partial charge in [0.05, 0.1) is 11.3 Å². The predicted molar refractivity (Wildman–Crippen MR) is 79.3 cm³/mol. The van der Waals surface area contributed by atoms with Crippen molar-refractivity contribution >= 4 is 22.8 Å². The molecule has 3 aromatic rings. The molecule has 4 heterocycles. The van der Waals surface area contributed by atoms with Gasteiger partial charge < -0.3 is 0 Å². The Kier molecular flexibility index (Phi) is 2.53. The van der Waals surface area contributed by atoms with Crippen LogP contribution in [0.25, 0.3) is 22.3 Å². The highest BCUT2D eigenvalue weighted by molar-refractivity contribution is 6.23. The zero-order valence-electron chi connectivity index (χ0n) is 11.6. The molecule has 0 fully saturated rings. The lowest BCUT2D eigenvalue weighted by molar-refractivity contribution is 0.0878. The Morgan fingerprint density at radius 2 is 1.77 bits per heavy atom. The van der Waals surface area contributed by atoms with Crippen LogP contribution in [0.1, 0.15) is 26.5 Å². The fraction of sp³-hybridized carbons (Fsp3) is 0.0625. The van der Waals surface area contributed by atoms with Crippen molar-refractivity contribution in [2.24, 2.45) is 0 Å². The summed E-state index contributed by atoms with van der Waals surface area (Å²) in [4.78, 5) is 36.5. The van der Waals surface area contributed by atoms with Gasteiger partial charge in [-0.15, -0.1) is 0 Å². The monoisotopic (exact) mass is 290 g/mol. The van der Waals surface area contributed by atoms with Crippen LogP contribution in [0.3, 0.4) is 0 Å². The lowest BCUT2D eigenvalue weighted by Crippen LogP contribution is -2.20. The van der Waals surface area contributed by atoms with Gasteiger partial charge in [0.15, 0.2) is 5.65 Å². The molecular formula is C16H10N4O2. The number of amides is 2. The molecule has 6 heteroatoms. The molecule has 0 unspecified atom stereocenters. The van der Waals surface area contributed by atoms with Crippen molar-refractivity contribution in [2.75, 3.05) is 0 Å². The largest absolute Gasteiger partial charge is 0.287 e. The van der Waals surface area contributed by atoms with Gasteiger partial charge in [-0.05, 0) is 37.3 Å². The van der Waals surface area contributed by atoms with Crippen molar-refractivity contribution in [3.8, 4) is 11.3 Å². The number of nitrogens with zero attached hydrogens (tertiary/aromatic N) is 3. The van der Waals surface area contributed by atoms with Crippen molar-refractivity contribution in [3.05, 3.63) is 53.5 Å². The van der Waals surface area contributed by atoms with Crippen LogP contribution in [0.15, 0.2) is 36.5 Å². The maximum Gasteiger partial charge on any atom is 0.277 e. The van der Waals surface area contributed by atoms with Gasteiger partial charge in [-0.3, -0.25) is 19.9 Å². The standard InChI is InChI=1S/C16H10N4O2/c1-8-2-3-9-4-5-11(19-14(9)18-8)10-6-7-17-13-12(10)15(21)20-16(13)22/h2-7H,1H3,(H,20,21,22). The number of imide groups is 1. The lowest BCUT2D eigenvalue weighted by atomic mass is 10.0. The maximum absolute atomic E-state index is 12.0. The first kappa shape index (κ1) is 12.6. The molecule has 0 bridgehead atoms. The molecule has 0 aromatic carbocycles. The van der Waals surface area contributed by atoms with Gasteiger partial charge in [0.25, 0.3) is 11.8 Å². The number of carbonyl (C=O) groups excluding carboxylic acids is 2. The highest BCUT2D eigenvalue weighted by Gasteiger charge is 2.31. The first-order valence-corrected chi connectivity index (χ1v) is 6.73. The van der Waals surface area contributed by atoms with Crippen LogP contribution in [-0.2, 0) is 0 Å². The number of rotatable bonds is 1. The molecule has 2 amide bonds. The summed E-state index contributed by atoms with van der Waals surface area (Å²) in [5, 5.41) is 3.17. The van der Waals surface area contributed by atoms with Gasteiger partial charge in [0.1, 0.15) is 5.69 Å². The molecule has 0 spiro atoms. The average Bonchev–Trinajstić information content (AvgIpc) is 2.81. The average molecular weight is 290 g/mol. The van der Waals surface area contributed by atoms with Crippen LogP contribution < -0.4 is 5.32 Å². The van der Waals surface area contributed by atoms with E-state index in [9.17, 15) is 9.59 Å². The molecule has 4 rings (SSSR count). The molecule has 1 aliphatic heterocycles. The molecule has 1 aliphatic rings. The number of pyridine rings is 3. The van der Waals surface area contributed by atoms with E-state index in [0.717, 1.165) is 11.1 Å². The van der Waals surface area contributed by atoms with E-state index >= 15 is 0 Å². The quantitative estimate of drug-likeness (QED) is 0.692. The fourth-order valence-corrected chi connectivity index (χ4v) is 2.55. The molecule has 0 atom stereocenters. The van der Waals surface area contributed by atoms with Gasteiger partial charge in [0.2, 0.25) is 0 Å². The van der Waals surface area contributed by atoms with E-state index < -0.39 is 11.8 Å². The SMILES string of the molecule is Cc1ccc2ccc(-c3ccnc4c3C(=O)NC4=O)nc2n1. The number of aryl methyl sites for hydroxylation is 1. The summed E-state index contributed by atoms with van der Waals surface area (Å²) in [6.45, 7) is 1.89. The minimum Gasteiger partial charge on any atom is -0.287 e. The summed E-state index contributed by atoms with van der Waals surface area (Å²) in [7, 11) is 0. The van der Waals surface area contributed by atoms with Crippen LogP contribution in [-0.4, -0.2) is 26.8 Å². The van der Waals surface area contributed by atoms with Crippen LogP contribution in [0.4, 0.5) is 0 Å². The Morgan fingerprint density at radius 3 is 2.64 bits per heavy atom. The van der Waals surface area contributed by atoms with Gasteiger partial charge in [-0.1, -0.05) is 0 Å². The van der Waals surface area contributed by atoms with Gasteiger partial charge in [0, 0.05) is 22.8 Å². The topological polar surface area (TPSA) is 84.8 Å². The van der Waals surface area contributed by atoms with Crippen molar-refractivity contribution in [1.29, 1.82) is 0 Å². The van der Waals surface area contributed by atoms with Crippen molar-refractivity contribution in [2.45, 2.75) is 6.92 Å². The van der Waals surface area contributed by atoms with Crippen molar-refractivity contribution in [1.82, 2.24) is 20.3 Å². The van der Waals surface area contributed by atoms with Gasteiger partial charge >= 0.3 is 0 Å². The molecule has 0 aliphatic carbocycles. The van der Waals surface area contributed by atoms with E-state index in [2.05, 4.69) is 20.3 Å². The highest BCUT2D eigenvalue weighted by Crippen LogP contribution is 2.27. The number of fused-ring (bicyclic) bond motifs is 2. The Morgan fingerprint density at radius 1 is 0.955 bits per heavy atom. The van der Waals surface area contributed by atoms with Crippen molar-refractivity contribution in [3.63, 3.8) is 0 Å². The number of aromatic nitrogens is 3.